The van der Waals surface area contributed by atoms with Crippen molar-refractivity contribution in [3.8, 4) is 11.3 Å². The molecule has 0 spiro atoms. The minimum atomic E-state index is 0.303. The number of piperidine rings is 1. The SMILES string of the molecule is Cn1cc(-c2cnc3n2CCN=C3Nc2ccnc(N3CCC(N)CC3)c2)cn1. The minimum absolute atomic E-state index is 0.303. The number of fused-ring (bicyclic) bond motifs is 1. The monoisotopic (exact) mass is 391 g/mol. The lowest BCUT2D eigenvalue weighted by Gasteiger charge is -2.31. The standard InChI is InChI=1S/C20H25N9/c1-27-13-14(11-25-27)17-12-24-20-19(23-6-9-29(17)20)26-16-2-5-22-18(10-16)28-7-3-15(21)4-8-28/h2,5,10-13,15H,3-4,6-9,21H2,1H3,(H,22,23,26). The molecule has 2 aliphatic heterocycles. The summed E-state index contributed by atoms with van der Waals surface area (Å²) in [5.41, 5.74) is 9.11. The summed E-state index contributed by atoms with van der Waals surface area (Å²) in [4.78, 5) is 16.2. The first-order valence-corrected chi connectivity index (χ1v) is 10.0. The van der Waals surface area contributed by atoms with Crippen LogP contribution >= 0.6 is 0 Å². The van der Waals surface area contributed by atoms with Gasteiger partial charge in [0.15, 0.2) is 11.7 Å². The molecule has 0 bridgehead atoms. The van der Waals surface area contributed by atoms with E-state index in [9.17, 15) is 0 Å². The van der Waals surface area contributed by atoms with Gasteiger partial charge in [-0.15, -0.1) is 0 Å². The second kappa shape index (κ2) is 7.32. The number of pyridine rings is 1. The largest absolute Gasteiger partial charge is 0.356 e. The lowest BCUT2D eigenvalue weighted by Crippen LogP contribution is -2.40. The van der Waals surface area contributed by atoms with E-state index in [-0.39, 0.29) is 0 Å². The van der Waals surface area contributed by atoms with Gasteiger partial charge in [-0.2, -0.15) is 5.10 Å². The number of aliphatic imine (C=N–C) groups is 1. The average Bonchev–Trinajstić information content (AvgIpc) is 3.35. The van der Waals surface area contributed by atoms with E-state index in [4.69, 9.17) is 5.73 Å². The summed E-state index contributed by atoms with van der Waals surface area (Å²) in [7, 11) is 1.92. The van der Waals surface area contributed by atoms with Crippen LogP contribution in [0.4, 0.5) is 11.5 Å². The van der Waals surface area contributed by atoms with Crippen molar-refractivity contribution >= 4 is 17.3 Å². The Labute approximate surface area is 169 Å². The van der Waals surface area contributed by atoms with E-state index < -0.39 is 0 Å². The molecule has 3 N–H and O–H groups in total. The maximum Gasteiger partial charge on any atom is 0.176 e. The highest BCUT2D eigenvalue weighted by Crippen LogP contribution is 2.24. The van der Waals surface area contributed by atoms with Crippen molar-refractivity contribution in [1.82, 2.24) is 24.3 Å². The molecular weight excluding hydrogens is 366 g/mol. The van der Waals surface area contributed by atoms with E-state index in [1.807, 2.05) is 37.9 Å². The third-order valence-corrected chi connectivity index (χ3v) is 5.53. The van der Waals surface area contributed by atoms with Crippen LogP contribution < -0.4 is 16.0 Å². The number of nitrogens with one attached hydrogen (secondary N) is 1. The molecule has 0 atom stereocenters. The fourth-order valence-corrected chi connectivity index (χ4v) is 3.94. The smallest absolute Gasteiger partial charge is 0.176 e. The second-order valence-electron chi connectivity index (χ2n) is 7.60. The fourth-order valence-electron chi connectivity index (χ4n) is 3.94. The average molecular weight is 391 g/mol. The van der Waals surface area contributed by atoms with Crippen molar-refractivity contribution in [1.29, 1.82) is 0 Å². The van der Waals surface area contributed by atoms with Gasteiger partial charge in [0.05, 0.1) is 24.6 Å². The van der Waals surface area contributed by atoms with Gasteiger partial charge in [-0.3, -0.25) is 9.67 Å². The molecule has 5 heterocycles. The molecule has 0 unspecified atom stereocenters. The molecule has 9 heteroatoms. The highest BCUT2D eigenvalue weighted by molar-refractivity contribution is 6.06. The van der Waals surface area contributed by atoms with Crippen LogP contribution in [-0.2, 0) is 13.6 Å². The lowest BCUT2D eigenvalue weighted by atomic mass is 10.1. The minimum Gasteiger partial charge on any atom is -0.356 e. The molecule has 0 saturated carbocycles. The summed E-state index contributed by atoms with van der Waals surface area (Å²) in [6.45, 7) is 3.40. The topological polar surface area (TPSA) is 102 Å². The molecule has 29 heavy (non-hydrogen) atoms. The number of nitrogens with zero attached hydrogens (tertiary/aromatic N) is 7. The first kappa shape index (κ1) is 17.9. The summed E-state index contributed by atoms with van der Waals surface area (Å²) >= 11 is 0. The number of hydrogen-bond donors (Lipinski definition) is 2. The lowest BCUT2D eigenvalue weighted by molar-refractivity contribution is 0.499. The highest BCUT2D eigenvalue weighted by atomic mass is 15.2. The Bertz CT molecular complexity index is 1040. The number of amidine groups is 1. The zero-order valence-corrected chi connectivity index (χ0v) is 16.5. The Morgan fingerprint density at radius 1 is 1.14 bits per heavy atom. The molecule has 3 aromatic rings. The van der Waals surface area contributed by atoms with Crippen LogP contribution in [0.1, 0.15) is 18.7 Å². The summed E-state index contributed by atoms with van der Waals surface area (Å²) in [6.07, 6.45) is 9.60. The summed E-state index contributed by atoms with van der Waals surface area (Å²) in [6, 6.07) is 4.34. The molecular formula is C20H25N9. The molecule has 0 aromatic carbocycles. The molecule has 9 nitrogen and oxygen atoms in total. The molecule has 2 aliphatic rings. The van der Waals surface area contributed by atoms with Crippen molar-refractivity contribution in [2.75, 3.05) is 29.9 Å². The number of aromatic nitrogens is 5. The van der Waals surface area contributed by atoms with Crippen LogP contribution in [0.15, 0.2) is 41.9 Å². The number of imidazole rings is 1. The van der Waals surface area contributed by atoms with Crippen molar-refractivity contribution in [2.24, 2.45) is 17.8 Å². The zero-order chi connectivity index (χ0) is 19.8. The molecule has 1 fully saturated rings. The van der Waals surface area contributed by atoms with Crippen LogP contribution in [0, 0.1) is 0 Å². The van der Waals surface area contributed by atoms with Crippen molar-refractivity contribution in [3.63, 3.8) is 0 Å². The Hall–Kier alpha value is -3.20. The van der Waals surface area contributed by atoms with Crippen molar-refractivity contribution < 1.29 is 0 Å². The van der Waals surface area contributed by atoms with Crippen LogP contribution in [0.5, 0.6) is 0 Å². The Morgan fingerprint density at radius 3 is 2.79 bits per heavy atom. The van der Waals surface area contributed by atoms with Crippen molar-refractivity contribution in [2.45, 2.75) is 25.4 Å². The summed E-state index contributed by atoms with van der Waals surface area (Å²) in [5.74, 6) is 2.60. The van der Waals surface area contributed by atoms with E-state index in [0.29, 0.717) is 12.6 Å². The molecule has 5 rings (SSSR count). The number of nitrogens with two attached hydrogens (primary N) is 1. The first-order valence-electron chi connectivity index (χ1n) is 10.0. The Kier molecular flexibility index (Phi) is 4.51. The number of rotatable bonds is 3. The predicted molar refractivity (Wildman–Crippen MR) is 113 cm³/mol. The molecule has 150 valence electrons. The molecule has 0 aliphatic carbocycles. The summed E-state index contributed by atoms with van der Waals surface area (Å²) in [5, 5.41) is 7.73. The molecule has 0 radical (unpaired) electrons. The molecule has 1 saturated heterocycles. The van der Waals surface area contributed by atoms with Gasteiger partial charge in [-0.05, 0) is 18.9 Å². The molecule has 0 amide bonds. The van der Waals surface area contributed by atoms with Gasteiger partial charge >= 0.3 is 0 Å². The normalized spacial score (nSPS) is 17.2. The van der Waals surface area contributed by atoms with E-state index in [1.165, 1.54) is 0 Å². The van der Waals surface area contributed by atoms with Gasteiger partial charge in [0.25, 0.3) is 0 Å². The zero-order valence-electron chi connectivity index (χ0n) is 16.5. The first-order chi connectivity index (χ1) is 14.2. The van der Waals surface area contributed by atoms with Gasteiger partial charge in [-0.1, -0.05) is 0 Å². The van der Waals surface area contributed by atoms with Gasteiger partial charge in [-0.25, -0.2) is 9.97 Å². The van der Waals surface area contributed by atoms with E-state index in [2.05, 4.69) is 40.9 Å². The fraction of sp³-hybridized carbons (Fsp3) is 0.400. The number of anilines is 2. The van der Waals surface area contributed by atoms with E-state index in [1.54, 1.807) is 4.68 Å². The number of hydrogen-bond acceptors (Lipinski definition) is 7. The van der Waals surface area contributed by atoms with Crippen LogP contribution in [-0.4, -0.2) is 55.8 Å². The quantitative estimate of drug-likeness (QED) is 0.701. The number of aryl methyl sites for hydroxylation is 1. The third kappa shape index (κ3) is 3.49. The van der Waals surface area contributed by atoms with Gasteiger partial charge in [0.2, 0.25) is 0 Å². The van der Waals surface area contributed by atoms with Gasteiger partial charge < -0.3 is 20.5 Å². The highest BCUT2D eigenvalue weighted by Gasteiger charge is 2.21. The predicted octanol–water partition coefficient (Wildman–Crippen LogP) is 1.48. The van der Waals surface area contributed by atoms with Crippen molar-refractivity contribution in [3.05, 3.63) is 42.7 Å². The molecule has 3 aromatic heterocycles. The second-order valence-corrected chi connectivity index (χ2v) is 7.60. The van der Waals surface area contributed by atoms with Crippen LogP contribution in [0.25, 0.3) is 11.3 Å². The Balaban J connectivity index is 1.38. The Morgan fingerprint density at radius 2 is 2.00 bits per heavy atom. The van der Waals surface area contributed by atoms with Crippen LogP contribution in [0.3, 0.4) is 0 Å². The van der Waals surface area contributed by atoms with E-state index in [0.717, 1.165) is 66.9 Å². The third-order valence-electron chi connectivity index (χ3n) is 5.53. The van der Waals surface area contributed by atoms with E-state index >= 15 is 0 Å². The van der Waals surface area contributed by atoms with Crippen LogP contribution in [0.2, 0.25) is 0 Å². The maximum atomic E-state index is 6.03. The van der Waals surface area contributed by atoms with Gasteiger partial charge in [0.1, 0.15) is 5.82 Å². The maximum absolute atomic E-state index is 6.03. The summed E-state index contributed by atoms with van der Waals surface area (Å²) < 4.78 is 4.00. The van der Waals surface area contributed by atoms with Gasteiger partial charge in [0, 0.05) is 62.4 Å².